The van der Waals surface area contributed by atoms with E-state index in [0.717, 1.165) is 5.56 Å². The molecule has 4 heteroatoms. The summed E-state index contributed by atoms with van der Waals surface area (Å²) in [5.74, 6) is 0. The van der Waals surface area contributed by atoms with E-state index in [9.17, 15) is 0 Å². The lowest BCUT2D eigenvalue weighted by atomic mass is 10.0. The molecule has 21 heavy (non-hydrogen) atoms. The van der Waals surface area contributed by atoms with Crippen LogP contribution in [0, 0.1) is 0 Å². The average molecular weight is 324 g/mol. The van der Waals surface area contributed by atoms with Crippen LogP contribution in [0.15, 0.2) is 48.5 Å². The van der Waals surface area contributed by atoms with E-state index < -0.39 is 0 Å². The lowest BCUT2D eigenvalue weighted by molar-refractivity contribution is 0.162. The van der Waals surface area contributed by atoms with Gasteiger partial charge >= 0.3 is 0 Å². The van der Waals surface area contributed by atoms with E-state index in [1.54, 1.807) is 7.11 Å². The maximum atomic E-state index is 6.09. The van der Waals surface area contributed by atoms with E-state index in [1.807, 2.05) is 36.4 Å². The normalized spacial score (nSPS) is 13.9. The van der Waals surface area contributed by atoms with Crippen molar-refractivity contribution in [1.29, 1.82) is 0 Å². The molecule has 2 unspecified atom stereocenters. The average Bonchev–Trinajstić information content (AvgIpc) is 2.50. The molecular weight excluding hydrogens is 305 g/mol. The molecular formula is C17H19Cl2NO. The number of nitrogens with one attached hydrogen (secondary N) is 1. The van der Waals surface area contributed by atoms with Crippen molar-refractivity contribution in [1.82, 2.24) is 5.32 Å². The fourth-order valence-electron chi connectivity index (χ4n) is 2.27. The Labute approximate surface area is 136 Å². The first kappa shape index (κ1) is 16.3. The van der Waals surface area contributed by atoms with Crippen molar-refractivity contribution < 1.29 is 4.74 Å². The van der Waals surface area contributed by atoms with Crippen LogP contribution >= 0.6 is 23.2 Å². The molecule has 0 bridgehead atoms. The van der Waals surface area contributed by atoms with Gasteiger partial charge in [-0.25, -0.2) is 0 Å². The Morgan fingerprint density at radius 2 is 1.71 bits per heavy atom. The summed E-state index contributed by atoms with van der Waals surface area (Å²) < 4.78 is 5.33. The summed E-state index contributed by atoms with van der Waals surface area (Å²) >= 11 is 12.1. The van der Waals surface area contributed by atoms with E-state index in [4.69, 9.17) is 27.9 Å². The van der Waals surface area contributed by atoms with Gasteiger partial charge in [-0.3, -0.25) is 0 Å². The smallest absolute Gasteiger partial charge is 0.0657 e. The Kier molecular flexibility index (Phi) is 6.07. The quantitative estimate of drug-likeness (QED) is 0.804. The number of hydrogen-bond donors (Lipinski definition) is 1. The Morgan fingerprint density at radius 3 is 2.33 bits per heavy atom. The molecule has 2 nitrogen and oxygen atoms in total. The Bertz CT molecular complexity index is 574. The highest BCUT2D eigenvalue weighted by Gasteiger charge is 2.15. The summed E-state index contributed by atoms with van der Waals surface area (Å²) in [6.45, 7) is 2.71. The monoisotopic (exact) mass is 323 g/mol. The van der Waals surface area contributed by atoms with Gasteiger partial charge in [-0.05, 0) is 30.2 Å². The van der Waals surface area contributed by atoms with E-state index in [1.165, 1.54) is 5.56 Å². The van der Waals surface area contributed by atoms with Crippen LogP contribution in [0.25, 0.3) is 0 Å². The van der Waals surface area contributed by atoms with Gasteiger partial charge in [0.25, 0.3) is 0 Å². The molecule has 0 saturated carbocycles. The summed E-state index contributed by atoms with van der Waals surface area (Å²) in [6.07, 6.45) is 0. The van der Waals surface area contributed by atoms with Crippen molar-refractivity contribution >= 4 is 23.2 Å². The van der Waals surface area contributed by atoms with Gasteiger partial charge in [0.1, 0.15) is 0 Å². The first-order chi connectivity index (χ1) is 10.1. The number of methoxy groups -OCH3 is 1. The molecule has 0 fully saturated rings. The van der Waals surface area contributed by atoms with Crippen LogP contribution in [-0.2, 0) is 4.74 Å². The second kappa shape index (κ2) is 7.81. The van der Waals surface area contributed by atoms with Crippen LogP contribution in [0.1, 0.15) is 30.1 Å². The number of hydrogen-bond acceptors (Lipinski definition) is 2. The van der Waals surface area contributed by atoms with Crippen LogP contribution in [-0.4, -0.2) is 13.7 Å². The third kappa shape index (κ3) is 4.45. The van der Waals surface area contributed by atoms with Gasteiger partial charge in [0.15, 0.2) is 0 Å². The molecule has 0 aliphatic carbocycles. The lowest BCUT2D eigenvalue weighted by Crippen LogP contribution is -2.28. The molecule has 1 N–H and O–H groups in total. The van der Waals surface area contributed by atoms with Crippen molar-refractivity contribution in [2.24, 2.45) is 0 Å². The van der Waals surface area contributed by atoms with Crippen LogP contribution in [0.3, 0.4) is 0 Å². The minimum absolute atomic E-state index is 0.126. The zero-order chi connectivity index (χ0) is 15.2. The van der Waals surface area contributed by atoms with Crippen LogP contribution < -0.4 is 5.32 Å². The molecule has 2 aromatic rings. The molecule has 0 aliphatic heterocycles. The van der Waals surface area contributed by atoms with E-state index in [-0.39, 0.29) is 12.1 Å². The Hall–Kier alpha value is -1.06. The van der Waals surface area contributed by atoms with Crippen LogP contribution in [0.5, 0.6) is 0 Å². The molecule has 0 saturated heterocycles. The molecule has 0 aliphatic rings. The molecule has 2 atom stereocenters. The molecule has 0 spiro atoms. The predicted molar refractivity (Wildman–Crippen MR) is 89.1 cm³/mol. The minimum atomic E-state index is 0.126. The van der Waals surface area contributed by atoms with Crippen molar-refractivity contribution in [2.75, 3.05) is 13.7 Å². The summed E-state index contributed by atoms with van der Waals surface area (Å²) in [5.41, 5.74) is 2.30. The summed E-state index contributed by atoms with van der Waals surface area (Å²) in [4.78, 5) is 0. The van der Waals surface area contributed by atoms with Gasteiger partial charge in [0.05, 0.1) is 22.7 Å². The zero-order valence-corrected chi connectivity index (χ0v) is 13.7. The molecule has 0 radical (unpaired) electrons. The van der Waals surface area contributed by atoms with Crippen molar-refractivity contribution in [2.45, 2.75) is 19.0 Å². The lowest BCUT2D eigenvalue weighted by Gasteiger charge is -2.24. The molecule has 112 valence electrons. The summed E-state index contributed by atoms with van der Waals surface area (Å²) in [7, 11) is 1.71. The minimum Gasteiger partial charge on any atom is -0.383 e. The van der Waals surface area contributed by atoms with Gasteiger partial charge in [0, 0.05) is 13.2 Å². The maximum Gasteiger partial charge on any atom is 0.0657 e. The number of benzene rings is 2. The van der Waals surface area contributed by atoms with Gasteiger partial charge in [-0.1, -0.05) is 59.6 Å². The molecule has 2 aromatic carbocycles. The first-order valence-electron chi connectivity index (χ1n) is 6.86. The fourth-order valence-corrected chi connectivity index (χ4v) is 2.58. The molecule has 2 rings (SSSR count). The predicted octanol–water partition coefficient (Wildman–Crippen LogP) is 5.03. The first-order valence-corrected chi connectivity index (χ1v) is 7.62. The van der Waals surface area contributed by atoms with Gasteiger partial charge < -0.3 is 10.1 Å². The SMILES string of the molecule is COCC(NC(C)c1ccc(Cl)c(Cl)c1)c1ccccc1. The van der Waals surface area contributed by atoms with E-state index in [0.29, 0.717) is 16.7 Å². The summed E-state index contributed by atoms with van der Waals surface area (Å²) in [5, 5.41) is 4.72. The second-order valence-corrected chi connectivity index (χ2v) is 5.79. The third-order valence-corrected chi connectivity index (χ3v) is 4.17. The van der Waals surface area contributed by atoms with Crippen LogP contribution in [0.2, 0.25) is 10.0 Å². The number of halogens is 2. The van der Waals surface area contributed by atoms with Gasteiger partial charge in [0.2, 0.25) is 0 Å². The topological polar surface area (TPSA) is 21.3 Å². The zero-order valence-electron chi connectivity index (χ0n) is 12.1. The Balaban J connectivity index is 2.14. The number of ether oxygens (including phenoxy) is 1. The maximum absolute atomic E-state index is 6.09. The highest BCUT2D eigenvalue weighted by Crippen LogP contribution is 2.27. The van der Waals surface area contributed by atoms with E-state index in [2.05, 4.69) is 24.4 Å². The van der Waals surface area contributed by atoms with Gasteiger partial charge in [-0.15, -0.1) is 0 Å². The van der Waals surface area contributed by atoms with Crippen molar-refractivity contribution in [3.63, 3.8) is 0 Å². The van der Waals surface area contributed by atoms with Crippen LogP contribution in [0.4, 0.5) is 0 Å². The highest BCUT2D eigenvalue weighted by molar-refractivity contribution is 6.42. The van der Waals surface area contributed by atoms with Gasteiger partial charge in [-0.2, -0.15) is 0 Å². The number of rotatable bonds is 6. The molecule has 0 amide bonds. The third-order valence-electron chi connectivity index (χ3n) is 3.43. The highest BCUT2D eigenvalue weighted by atomic mass is 35.5. The second-order valence-electron chi connectivity index (χ2n) is 4.98. The molecule has 0 heterocycles. The largest absolute Gasteiger partial charge is 0.383 e. The standard InChI is InChI=1S/C17H19Cl2NO/c1-12(14-8-9-15(18)16(19)10-14)20-17(11-21-2)13-6-4-3-5-7-13/h3-10,12,17,20H,11H2,1-2H3. The fraction of sp³-hybridized carbons (Fsp3) is 0.294. The van der Waals surface area contributed by atoms with E-state index >= 15 is 0 Å². The van der Waals surface area contributed by atoms with Crippen molar-refractivity contribution in [3.8, 4) is 0 Å². The Morgan fingerprint density at radius 1 is 1.00 bits per heavy atom. The van der Waals surface area contributed by atoms with Crippen molar-refractivity contribution in [3.05, 3.63) is 69.7 Å². The molecule has 0 aromatic heterocycles. The summed E-state index contributed by atoms with van der Waals surface area (Å²) in [6, 6.07) is 16.2.